The van der Waals surface area contributed by atoms with Crippen molar-refractivity contribution < 1.29 is 13.6 Å². The zero-order valence-corrected chi connectivity index (χ0v) is 18.0. The largest absolute Gasteiger partial charge is 0.437 e. The number of piperazine rings is 1. The first-order valence-corrected chi connectivity index (χ1v) is 10.5. The molecule has 3 heterocycles. The second-order valence-corrected chi connectivity index (χ2v) is 7.86. The second-order valence-electron chi connectivity index (χ2n) is 7.86. The van der Waals surface area contributed by atoms with Crippen molar-refractivity contribution in [1.29, 1.82) is 0 Å². The minimum Gasteiger partial charge on any atom is -0.437 e. The minimum atomic E-state index is -0.284. The van der Waals surface area contributed by atoms with Crippen LogP contribution in [-0.2, 0) is 4.84 Å². The first-order valence-electron chi connectivity index (χ1n) is 10.5. The topological polar surface area (TPSA) is 66.7 Å². The highest BCUT2D eigenvalue weighted by molar-refractivity contribution is 6.06. The van der Waals surface area contributed by atoms with Crippen molar-refractivity contribution in [2.75, 3.05) is 50.7 Å². The Bertz CT molecular complexity index is 1220. The molecule has 1 aliphatic heterocycles. The number of hydrogen-bond acceptors (Lipinski definition) is 7. The van der Waals surface area contributed by atoms with E-state index in [9.17, 15) is 4.39 Å². The summed E-state index contributed by atoms with van der Waals surface area (Å²) in [6.07, 6.45) is 1.54. The van der Waals surface area contributed by atoms with E-state index in [1.165, 1.54) is 12.1 Å². The average molecular weight is 433 g/mol. The second kappa shape index (κ2) is 8.57. The van der Waals surface area contributed by atoms with Crippen LogP contribution in [0.25, 0.3) is 33.6 Å². The Morgan fingerprint density at radius 1 is 0.938 bits per heavy atom. The van der Waals surface area contributed by atoms with Gasteiger partial charge >= 0.3 is 0 Å². The maximum atomic E-state index is 13.7. The predicted octanol–water partition coefficient (Wildman–Crippen LogP) is 4.42. The number of likely N-dealkylation sites (N-methyl/N-ethyl adjacent to an activating group) is 1. The number of nitrogens with one attached hydrogen (secondary N) is 1. The third kappa shape index (κ3) is 3.79. The van der Waals surface area contributed by atoms with Crippen LogP contribution < -0.4 is 10.4 Å². The highest BCUT2D eigenvalue weighted by atomic mass is 19.1. The molecule has 1 aliphatic rings. The number of fused-ring (bicyclic) bond motifs is 1. The molecule has 0 aliphatic carbocycles. The van der Waals surface area contributed by atoms with Gasteiger partial charge < -0.3 is 14.2 Å². The van der Waals surface area contributed by atoms with Gasteiger partial charge in [0.2, 0.25) is 5.71 Å². The molecule has 0 amide bonds. The van der Waals surface area contributed by atoms with Crippen LogP contribution in [0.5, 0.6) is 0 Å². The van der Waals surface area contributed by atoms with Gasteiger partial charge in [0.15, 0.2) is 0 Å². The monoisotopic (exact) mass is 433 g/mol. The SMILES string of the molecule is CONc1ccc(-c2oc3ncnc(N4CCN(C)CC4)c3c2-c2ccc(F)cc2)cc1. The number of nitrogens with zero attached hydrogens (tertiary/aromatic N) is 4. The van der Waals surface area contributed by atoms with Crippen LogP contribution in [0.4, 0.5) is 15.9 Å². The molecular formula is C24H24FN5O2. The van der Waals surface area contributed by atoms with Gasteiger partial charge in [-0.3, -0.25) is 10.3 Å². The molecule has 7 nitrogen and oxygen atoms in total. The molecule has 4 aromatic rings. The molecule has 5 rings (SSSR count). The summed E-state index contributed by atoms with van der Waals surface area (Å²) in [4.78, 5) is 18.6. The van der Waals surface area contributed by atoms with Gasteiger partial charge in [-0.05, 0) is 49.0 Å². The lowest BCUT2D eigenvalue weighted by atomic mass is 9.99. The predicted molar refractivity (Wildman–Crippen MR) is 123 cm³/mol. The molecule has 0 spiro atoms. The van der Waals surface area contributed by atoms with Gasteiger partial charge in [0.25, 0.3) is 0 Å². The van der Waals surface area contributed by atoms with Gasteiger partial charge in [-0.15, -0.1) is 0 Å². The van der Waals surface area contributed by atoms with Crippen LogP contribution in [0.2, 0.25) is 0 Å². The van der Waals surface area contributed by atoms with Crippen molar-refractivity contribution in [1.82, 2.24) is 14.9 Å². The van der Waals surface area contributed by atoms with Gasteiger partial charge in [0, 0.05) is 37.3 Å². The van der Waals surface area contributed by atoms with Gasteiger partial charge in [-0.2, -0.15) is 0 Å². The Balaban J connectivity index is 1.70. The Kier molecular flexibility index (Phi) is 5.46. The van der Waals surface area contributed by atoms with Gasteiger partial charge in [-0.25, -0.2) is 14.4 Å². The number of aromatic nitrogens is 2. The van der Waals surface area contributed by atoms with Crippen molar-refractivity contribution >= 4 is 22.6 Å². The normalized spacial score (nSPS) is 14.8. The molecule has 164 valence electrons. The third-order valence-corrected chi connectivity index (χ3v) is 5.77. The molecule has 32 heavy (non-hydrogen) atoms. The Labute approximate surface area is 185 Å². The quantitative estimate of drug-likeness (QED) is 0.467. The summed E-state index contributed by atoms with van der Waals surface area (Å²) < 4.78 is 20.0. The molecule has 0 radical (unpaired) electrons. The molecule has 0 bridgehead atoms. The fourth-order valence-electron chi connectivity index (χ4n) is 4.08. The Morgan fingerprint density at radius 3 is 2.31 bits per heavy atom. The maximum Gasteiger partial charge on any atom is 0.232 e. The summed E-state index contributed by atoms with van der Waals surface area (Å²) in [6, 6.07) is 14.2. The van der Waals surface area contributed by atoms with Crippen LogP contribution in [0, 0.1) is 5.82 Å². The lowest BCUT2D eigenvalue weighted by molar-refractivity contribution is 0.271. The van der Waals surface area contributed by atoms with Crippen molar-refractivity contribution in [3.8, 4) is 22.5 Å². The summed E-state index contributed by atoms with van der Waals surface area (Å²) in [5.74, 6) is 1.23. The van der Waals surface area contributed by atoms with Crippen LogP contribution in [0.1, 0.15) is 0 Å². The van der Waals surface area contributed by atoms with Crippen molar-refractivity contribution in [3.05, 3.63) is 60.7 Å². The number of furan rings is 1. The molecule has 1 N–H and O–H groups in total. The van der Waals surface area contributed by atoms with E-state index in [4.69, 9.17) is 9.25 Å². The third-order valence-electron chi connectivity index (χ3n) is 5.77. The molecule has 1 fully saturated rings. The summed E-state index contributed by atoms with van der Waals surface area (Å²) >= 11 is 0. The van der Waals surface area contributed by atoms with E-state index in [2.05, 4.69) is 32.3 Å². The molecule has 2 aromatic heterocycles. The highest BCUT2D eigenvalue weighted by Gasteiger charge is 2.26. The van der Waals surface area contributed by atoms with E-state index in [0.29, 0.717) is 11.5 Å². The van der Waals surface area contributed by atoms with Crippen LogP contribution in [-0.4, -0.2) is 55.2 Å². The van der Waals surface area contributed by atoms with Crippen molar-refractivity contribution in [2.45, 2.75) is 0 Å². The average Bonchev–Trinajstić information content (AvgIpc) is 3.21. The van der Waals surface area contributed by atoms with E-state index < -0.39 is 0 Å². The first kappa shape index (κ1) is 20.4. The Morgan fingerprint density at radius 2 is 1.62 bits per heavy atom. The van der Waals surface area contributed by atoms with Gasteiger partial charge in [-0.1, -0.05) is 12.1 Å². The van der Waals surface area contributed by atoms with Crippen LogP contribution in [0.15, 0.2) is 59.3 Å². The molecule has 0 atom stereocenters. The van der Waals surface area contributed by atoms with Crippen LogP contribution >= 0.6 is 0 Å². The molecule has 2 aromatic carbocycles. The standard InChI is InChI=1S/C24H24FN5O2/c1-29-11-13-30(14-12-29)23-21-20(16-3-7-18(25)8-4-16)22(32-24(21)27-15-26-23)17-5-9-19(10-6-17)28-31-2/h3-10,15,28H,11-14H2,1-2H3. The number of anilines is 2. The summed E-state index contributed by atoms with van der Waals surface area (Å²) in [7, 11) is 3.69. The van der Waals surface area contributed by atoms with Crippen molar-refractivity contribution in [3.63, 3.8) is 0 Å². The van der Waals surface area contributed by atoms with Crippen LogP contribution in [0.3, 0.4) is 0 Å². The smallest absolute Gasteiger partial charge is 0.232 e. The number of halogens is 1. The van der Waals surface area contributed by atoms with E-state index in [1.807, 2.05) is 24.3 Å². The Hall–Kier alpha value is -3.49. The number of rotatable bonds is 5. The van der Waals surface area contributed by atoms with Gasteiger partial charge in [0.05, 0.1) is 18.2 Å². The first-order chi connectivity index (χ1) is 15.6. The summed E-state index contributed by atoms with van der Waals surface area (Å²) in [5.41, 5.74) is 6.76. The lowest BCUT2D eigenvalue weighted by Crippen LogP contribution is -2.44. The van der Waals surface area contributed by atoms with E-state index >= 15 is 0 Å². The maximum absolute atomic E-state index is 13.7. The molecular weight excluding hydrogens is 409 g/mol. The fraction of sp³-hybridized carbons (Fsp3) is 0.250. The van der Waals surface area contributed by atoms with E-state index in [1.54, 1.807) is 25.6 Å². The molecule has 0 unspecified atom stereocenters. The minimum absolute atomic E-state index is 0.284. The molecule has 1 saturated heterocycles. The number of hydrogen-bond donors (Lipinski definition) is 1. The fourth-order valence-corrected chi connectivity index (χ4v) is 4.08. The van der Waals surface area contributed by atoms with E-state index in [0.717, 1.165) is 59.8 Å². The zero-order chi connectivity index (χ0) is 22.1. The highest BCUT2D eigenvalue weighted by Crippen LogP contribution is 2.43. The number of benzene rings is 2. The molecule has 0 saturated carbocycles. The zero-order valence-electron chi connectivity index (χ0n) is 18.0. The lowest BCUT2D eigenvalue weighted by Gasteiger charge is -2.33. The van der Waals surface area contributed by atoms with Crippen molar-refractivity contribution in [2.24, 2.45) is 0 Å². The summed E-state index contributed by atoms with van der Waals surface area (Å²) in [6.45, 7) is 3.64. The van der Waals surface area contributed by atoms with Gasteiger partial charge in [0.1, 0.15) is 23.7 Å². The summed E-state index contributed by atoms with van der Waals surface area (Å²) in [5, 5.41) is 0.845. The molecule has 8 heteroatoms. The van der Waals surface area contributed by atoms with E-state index in [-0.39, 0.29) is 5.82 Å².